The number of amides is 1. The molecule has 0 bridgehead atoms. The van der Waals surface area contributed by atoms with E-state index in [-0.39, 0.29) is 12.5 Å². The Morgan fingerprint density at radius 2 is 2.50 bits per heavy atom. The number of aliphatic hydroxyl groups is 1. The molecule has 1 aliphatic rings. The molecule has 2 heterocycles. The van der Waals surface area contributed by atoms with Crippen molar-refractivity contribution < 1.29 is 9.90 Å². The van der Waals surface area contributed by atoms with Gasteiger partial charge in [-0.1, -0.05) is 0 Å². The first-order valence-corrected chi connectivity index (χ1v) is 7.38. The summed E-state index contributed by atoms with van der Waals surface area (Å²) >= 11 is 1.49. The van der Waals surface area contributed by atoms with Gasteiger partial charge in [0.05, 0.1) is 5.56 Å². The van der Waals surface area contributed by atoms with E-state index in [0.717, 1.165) is 31.0 Å². The Morgan fingerprint density at radius 3 is 3.22 bits per heavy atom. The number of likely N-dealkylation sites (tertiary alicyclic amines) is 1. The Bertz CT molecular complexity index is 425. The average Bonchev–Trinajstić information content (AvgIpc) is 2.87. The molecule has 0 aliphatic carbocycles. The summed E-state index contributed by atoms with van der Waals surface area (Å²) in [5.41, 5.74) is 0.689. The van der Waals surface area contributed by atoms with Crippen LogP contribution in [0.25, 0.3) is 0 Å². The maximum Gasteiger partial charge on any atom is 0.256 e. The molecule has 0 saturated carbocycles. The highest BCUT2D eigenvalue weighted by atomic mass is 32.2. The predicted molar refractivity (Wildman–Crippen MR) is 71.7 cm³/mol. The van der Waals surface area contributed by atoms with Crippen LogP contribution in [0.2, 0.25) is 0 Å². The van der Waals surface area contributed by atoms with Crippen LogP contribution in [0.4, 0.5) is 0 Å². The summed E-state index contributed by atoms with van der Waals surface area (Å²) in [7, 11) is 0. The first kappa shape index (κ1) is 13.4. The lowest BCUT2D eigenvalue weighted by Crippen LogP contribution is -2.29. The van der Waals surface area contributed by atoms with E-state index in [1.807, 2.05) is 17.2 Å². The Hall–Kier alpha value is -1.07. The molecule has 4 nitrogen and oxygen atoms in total. The van der Waals surface area contributed by atoms with Crippen molar-refractivity contribution in [2.45, 2.75) is 17.9 Å². The standard InChI is InChI=1S/C13H18N2O2S/c1-18-12-11(3-2-6-14-12)13(17)15-7-4-10(9-15)5-8-16/h2-3,6,10,16H,4-5,7-9H2,1H3. The molecule has 0 radical (unpaired) electrons. The lowest BCUT2D eigenvalue weighted by molar-refractivity contribution is 0.0780. The lowest BCUT2D eigenvalue weighted by Gasteiger charge is -2.17. The molecule has 1 aromatic rings. The monoisotopic (exact) mass is 266 g/mol. The van der Waals surface area contributed by atoms with Crippen molar-refractivity contribution in [1.82, 2.24) is 9.88 Å². The van der Waals surface area contributed by atoms with Crippen molar-refractivity contribution in [2.75, 3.05) is 26.0 Å². The van der Waals surface area contributed by atoms with Crippen LogP contribution in [0.3, 0.4) is 0 Å². The van der Waals surface area contributed by atoms with E-state index in [4.69, 9.17) is 5.11 Å². The first-order chi connectivity index (χ1) is 8.76. The van der Waals surface area contributed by atoms with E-state index in [1.165, 1.54) is 11.8 Å². The topological polar surface area (TPSA) is 53.4 Å². The largest absolute Gasteiger partial charge is 0.396 e. The molecule has 1 amide bonds. The number of aliphatic hydroxyl groups excluding tert-OH is 1. The molecule has 1 atom stereocenters. The number of hydrogen-bond donors (Lipinski definition) is 1. The van der Waals surface area contributed by atoms with Crippen LogP contribution in [0, 0.1) is 5.92 Å². The zero-order valence-corrected chi connectivity index (χ0v) is 11.3. The van der Waals surface area contributed by atoms with E-state index in [9.17, 15) is 4.79 Å². The van der Waals surface area contributed by atoms with Gasteiger partial charge < -0.3 is 10.0 Å². The fourth-order valence-corrected chi connectivity index (χ4v) is 2.86. The van der Waals surface area contributed by atoms with E-state index in [1.54, 1.807) is 12.3 Å². The molecule has 0 aromatic carbocycles. The molecular formula is C13H18N2O2S. The molecule has 1 unspecified atom stereocenters. The molecule has 1 saturated heterocycles. The van der Waals surface area contributed by atoms with E-state index in [2.05, 4.69) is 4.98 Å². The van der Waals surface area contributed by atoms with Gasteiger partial charge in [-0.05, 0) is 37.1 Å². The molecule has 1 fully saturated rings. The maximum absolute atomic E-state index is 12.4. The second-order valence-electron chi connectivity index (χ2n) is 4.48. The quantitative estimate of drug-likeness (QED) is 0.842. The third kappa shape index (κ3) is 2.84. The van der Waals surface area contributed by atoms with E-state index < -0.39 is 0 Å². The molecule has 0 spiro atoms. The Kier molecular flexibility index (Phi) is 4.60. The fourth-order valence-electron chi connectivity index (χ4n) is 2.32. The number of hydrogen-bond acceptors (Lipinski definition) is 4. The zero-order valence-electron chi connectivity index (χ0n) is 10.5. The Balaban J connectivity index is 2.08. The smallest absolute Gasteiger partial charge is 0.256 e. The average molecular weight is 266 g/mol. The molecule has 1 aliphatic heterocycles. The molecule has 98 valence electrons. The van der Waals surface area contributed by atoms with Crippen molar-refractivity contribution in [3.05, 3.63) is 23.9 Å². The van der Waals surface area contributed by atoms with Crippen LogP contribution in [0.5, 0.6) is 0 Å². The summed E-state index contributed by atoms with van der Waals surface area (Å²) in [6.07, 6.45) is 5.41. The van der Waals surface area contributed by atoms with Crippen LogP contribution in [-0.4, -0.2) is 46.8 Å². The van der Waals surface area contributed by atoms with Gasteiger partial charge in [0.25, 0.3) is 5.91 Å². The van der Waals surface area contributed by atoms with Crippen molar-refractivity contribution >= 4 is 17.7 Å². The summed E-state index contributed by atoms with van der Waals surface area (Å²) in [5, 5.41) is 9.72. The van der Waals surface area contributed by atoms with Crippen molar-refractivity contribution in [3.63, 3.8) is 0 Å². The maximum atomic E-state index is 12.4. The van der Waals surface area contributed by atoms with Gasteiger partial charge >= 0.3 is 0 Å². The number of pyridine rings is 1. The SMILES string of the molecule is CSc1ncccc1C(=O)N1CCC(CCO)C1. The van der Waals surface area contributed by atoms with E-state index >= 15 is 0 Å². The molecule has 5 heteroatoms. The van der Waals surface area contributed by atoms with Gasteiger partial charge in [-0.15, -0.1) is 11.8 Å². The lowest BCUT2D eigenvalue weighted by atomic mass is 10.1. The molecule has 2 rings (SSSR count). The van der Waals surface area contributed by atoms with Crippen molar-refractivity contribution in [3.8, 4) is 0 Å². The third-order valence-electron chi connectivity index (χ3n) is 3.31. The first-order valence-electron chi connectivity index (χ1n) is 6.15. The highest BCUT2D eigenvalue weighted by Gasteiger charge is 2.27. The molecular weight excluding hydrogens is 248 g/mol. The Morgan fingerprint density at radius 1 is 1.67 bits per heavy atom. The number of carbonyl (C=O) groups excluding carboxylic acids is 1. The van der Waals surface area contributed by atoms with E-state index in [0.29, 0.717) is 11.5 Å². The minimum Gasteiger partial charge on any atom is -0.396 e. The predicted octanol–water partition coefficient (Wildman–Crippen LogP) is 1.65. The zero-order chi connectivity index (χ0) is 13.0. The third-order valence-corrected chi connectivity index (χ3v) is 4.02. The summed E-state index contributed by atoms with van der Waals surface area (Å²) in [5.74, 6) is 0.501. The van der Waals surface area contributed by atoms with Gasteiger partial charge in [0.15, 0.2) is 0 Å². The Labute approximate surface area is 111 Å². The highest BCUT2D eigenvalue weighted by Crippen LogP contribution is 2.24. The van der Waals surface area contributed by atoms with Crippen LogP contribution >= 0.6 is 11.8 Å². The number of rotatable bonds is 4. The number of nitrogens with zero attached hydrogens (tertiary/aromatic N) is 2. The normalized spacial score (nSPS) is 19.2. The minimum absolute atomic E-state index is 0.0629. The van der Waals surface area contributed by atoms with Gasteiger partial charge in [0, 0.05) is 25.9 Å². The van der Waals surface area contributed by atoms with Crippen molar-refractivity contribution in [1.29, 1.82) is 0 Å². The van der Waals surface area contributed by atoms with Crippen molar-refractivity contribution in [2.24, 2.45) is 5.92 Å². The van der Waals surface area contributed by atoms with Crippen LogP contribution in [0.15, 0.2) is 23.4 Å². The van der Waals surface area contributed by atoms with Gasteiger partial charge in [0.1, 0.15) is 5.03 Å². The van der Waals surface area contributed by atoms with Gasteiger partial charge in [-0.25, -0.2) is 4.98 Å². The summed E-state index contributed by atoms with van der Waals surface area (Å²) < 4.78 is 0. The molecule has 1 N–H and O–H groups in total. The molecule has 1 aromatic heterocycles. The van der Waals surface area contributed by atoms with Gasteiger partial charge in [0.2, 0.25) is 0 Å². The number of thioether (sulfide) groups is 1. The fraction of sp³-hybridized carbons (Fsp3) is 0.538. The second kappa shape index (κ2) is 6.20. The number of aromatic nitrogens is 1. The molecule has 18 heavy (non-hydrogen) atoms. The summed E-state index contributed by atoms with van der Waals surface area (Å²) in [6.45, 7) is 1.74. The van der Waals surface area contributed by atoms with Crippen LogP contribution in [-0.2, 0) is 0 Å². The summed E-state index contributed by atoms with van der Waals surface area (Å²) in [6, 6.07) is 3.63. The summed E-state index contributed by atoms with van der Waals surface area (Å²) in [4.78, 5) is 18.5. The van der Waals surface area contributed by atoms with Gasteiger partial charge in [-0.2, -0.15) is 0 Å². The number of carbonyl (C=O) groups is 1. The highest BCUT2D eigenvalue weighted by molar-refractivity contribution is 7.98. The van der Waals surface area contributed by atoms with Gasteiger partial charge in [-0.3, -0.25) is 4.79 Å². The van der Waals surface area contributed by atoms with Crippen LogP contribution in [0.1, 0.15) is 23.2 Å². The van der Waals surface area contributed by atoms with Crippen LogP contribution < -0.4 is 0 Å². The minimum atomic E-state index is 0.0629. The second-order valence-corrected chi connectivity index (χ2v) is 5.27.